The van der Waals surface area contributed by atoms with Crippen molar-refractivity contribution in [2.75, 3.05) is 33.9 Å². The maximum atomic E-state index is 5.01. The molecule has 0 fully saturated rings. The SMILES string of the molecule is CN=C(NCCCn1c(C)nc2ccccc21)NCCOC.I. The summed E-state index contributed by atoms with van der Waals surface area (Å²) in [5.74, 6) is 1.87. The Bertz CT molecular complexity index is 626. The minimum atomic E-state index is 0. The molecule has 2 aromatic rings. The Kier molecular flexibility index (Phi) is 8.93. The number of hydrogen-bond acceptors (Lipinski definition) is 3. The van der Waals surface area contributed by atoms with Crippen LogP contribution in [0.5, 0.6) is 0 Å². The van der Waals surface area contributed by atoms with Crippen LogP contribution >= 0.6 is 24.0 Å². The van der Waals surface area contributed by atoms with Gasteiger partial charge in [0.25, 0.3) is 0 Å². The number of nitrogens with zero attached hydrogens (tertiary/aromatic N) is 3. The van der Waals surface area contributed by atoms with Gasteiger partial charge in [-0.15, -0.1) is 24.0 Å². The molecule has 7 heteroatoms. The number of aliphatic imine (C=N–C) groups is 1. The Morgan fingerprint density at radius 1 is 1.26 bits per heavy atom. The molecule has 1 aromatic heterocycles. The third kappa shape index (κ3) is 5.65. The summed E-state index contributed by atoms with van der Waals surface area (Å²) in [5.41, 5.74) is 2.26. The van der Waals surface area contributed by atoms with Crippen LogP contribution in [0.1, 0.15) is 12.2 Å². The van der Waals surface area contributed by atoms with Crippen molar-refractivity contribution in [1.29, 1.82) is 0 Å². The zero-order valence-electron chi connectivity index (χ0n) is 14.0. The quantitative estimate of drug-likeness (QED) is 0.305. The van der Waals surface area contributed by atoms with Crippen LogP contribution in [0.4, 0.5) is 0 Å². The molecule has 0 spiro atoms. The average molecular weight is 431 g/mol. The van der Waals surface area contributed by atoms with Gasteiger partial charge in [-0.3, -0.25) is 4.99 Å². The number of rotatable bonds is 7. The van der Waals surface area contributed by atoms with Crippen molar-refractivity contribution in [3.05, 3.63) is 30.1 Å². The molecule has 23 heavy (non-hydrogen) atoms. The molecule has 0 unspecified atom stereocenters. The van der Waals surface area contributed by atoms with Crippen LogP contribution in [0.15, 0.2) is 29.3 Å². The van der Waals surface area contributed by atoms with Crippen LogP contribution in [-0.2, 0) is 11.3 Å². The Balaban J connectivity index is 0.00000264. The number of benzene rings is 1. The molecular formula is C16H26IN5O. The summed E-state index contributed by atoms with van der Waals surface area (Å²) in [6.45, 7) is 5.27. The number of guanidine groups is 1. The average Bonchev–Trinajstić information content (AvgIpc) is 2.85. The molecule has 0 aliphatic heterocycles. The van der Waals surface area contributed by atoms with E-state index in [2.05, 4.69) is 50.3 Å². The van der Waals surface area contributed by atoms with Gasteiger partial charge in [0.05, 0.1) is 17.6 Å². The van der Waals surface area contributed by atoms with E-state index in [9.17, 15) is 0 Å². The van der Waals surface area contributed by atoms with Crippen LogP contribution in [0.3, 0.4) is 0 Å². The Morgan fingerprint density at radius 2 is 2.00 bits per heavy atom. The summed E-state index contributed by atoms with van der Waals surface area (Å²) >= 11 is 0. The molecule has 0 aliphatic carbocycles. The smallest absolute Gasteiger partial charge is 0.191 e. The number of imidazole rings is 1. The molecule has 1 heterocycles. The number of hydrogen-bond donors (Lipinski definition) is 2. The molecule has 0 saturated heterocycles. The van der Waals surface area contributed by atoms with Crippen molar-refractivity contribution in [1.82, 2.24) is 20.2 Å². The van der Waals surface area contributed by atoms with Crippen LogP contribution in [-0.4, -0.2) is 49.4 Å². The second-order valence-electron chi connectivity index (χ2n) is 5.07. The molecule has 0 amide bonds. The molecule has 6 nitrogen and oxygen atoms in total. The molecule has 2 N–H and O–H groups in total. The largest absolute Gasteiger partial charge is 0.383 e. The summed E-state index contributed by atoms with van der Waals surface area (Å²) < 4.78 is 7.27. The monoisotopic (exact) mass is 431 g/mol. The third-order valence-electron chi connectivity index (χ3n) is 3.52. The first kappa shape index (κ1) is 19.7. The molecule has 0 radical (unpaired) electrons. The van der Waals surface area contributed by atoms with Gasteiger partial charge in [-0.2, -0.15) is 0 Å². The molecule has 1 aromatic carbocycles. The highest BCUT2D eigenvalue weighted by molar-refractivity contribution is 14.0. The second-order valence-corrected chi connectivity index (χ2v) is 5.07. The van der Waals surface area contributed by atoms with Crippen molar-refractivity contribution in [2.45, 2.75) is 19.9 Å². The molecule has 0 bridgehead atoms. The lowest BCUT2D eigenvalue weighted by molar-refractivity contribution is 0.203. The number of nitrogens with one attached hydrogen (secondary N) is 2. The van der Waals surface area contributed by atoms with Gasteiger partial charge in [0, 0.05) is 33.8 Å². The molecular weight excluding hydrogens is 405 g/mol. The van der Waals surface area contributed by atoms with E-state index in [1.54, 1.807) is 14.2 Å². The van der Waals surface area contributed by atoms with Gasteiger partial charge in [0.2, 0.25) is 0 Å². The third-order valence-corrected chi connectivity index (χ3v) is 3.52. The first-order chi connectivity index (χ1) is 10.8. The standard InChI is InChI=1S/C16H25N5O.HI/c1-13-20-14-7-4-5-8-15(14)21(13)11-6-9-18-16(17-2)19-10-12-22-3;/h4-5,7-8H,6,9-12H2,1-3H3,(H2,17,18,19);1H. The summed E-state index contributed by atoms with van der Waals surface area (Å²) in [6.07, 6.45) is 1.01. The summed E-state index contributed by atoms with van der Waals surface area (Å²) in [7, 11) is 3.46. The van der Waals surface area contributed by atoms with Gasteiger partial charge >= 0.3 is 0 Å². The predicted octanol–water partition coefficient (Wildman–Crippen LogP) is 2.16. The van der Waals surface area contributed by atoms with E-state index in [-0.39, 0.29) is 24.0 Å². The van der Waals surface area contributed by atoms with E-state index in [0.29, 0.717) is 6.61 Å². The fourth-order valence-electron chi connectivity index (χ4n) is 2.41. The van der Waals surface area contributed by atoms with Gasteiger partial charge < -0.3 is 19.9 Å². The Labute approximate surface area is 154 Å². The molecule has 0 atom stereocenters. The molecule has 0 aliphatic rings. The number of aromatic nitrogens is 2. The number of aryl methyl sites for hydroxylation is 2. The number of ether oxygens (including phenoxy) is 1. The molecule has 0 saturated carbocycles. The van der Waals surface area contributed by atoms with E-state index in [1.807, 2.05) is 6.07 Å². The number of methoxy groups -OCH3 is 1. The minimum absolute atomic E-state index is 0. The topological polar surface area (TPSA) is 63.5 Å². The highest BCUT2D eigenvalue weighted by atomic mass is 127. The first-order valence-electron chi connectivity index (χ1n) is 7.61. The predicted molar refractivity (Wildman–Crippen MR) is 106 cm³/mol. The lowest BCUT2D eigenvalue weighted by atomic mass is 10.3. The van der Waals surface area contributed by atoms with E-state index in [4.69, 9.17) is 4.74 Å². The Morgan fingerprint density at radius 3 is 2.74 bits per heavy atom. The van der Waals surface area contributed by atoms with Crippen molar-refractivity contribution in [3.8, 4) is 0 Å². The number of halogens is 1. The van der Waals surface area contributed by atoms with Crippen LogP contribution in [0, 0.1) is 6.92 Å². The lowest BCUT2D eigenvalue weighted by Gasteiger charge is -2.12. The zero-order chi connectivity index (χ0) is 15.8. The van der Waals surface area contributed by atoms with Crippen LogP contribution < -0.4 is 10.6 Å². The fraction of sp³-hybridized carbons (Fsp3) is 0.500. The molecule has 2 rings (SSSR count). The first-order valence-corrected chi connectivity index (χ1v) is 7.61. The van der Waals surface area contributed by atoms with Gasteiger partial charge in [-0.25, -0.2) is 4.98 Å². The van der Waals surface area contributed by atoms with E-state index < -0.39 is 0 Å². The van der Waals surface area contributed by atoms with Crippen LogP contribution in [0.25, 0.3) is 11.0 Å². The minimum Gasteiger partial charge on any atom is -0.383 e. The van der Waals surface area contributed by atoms with Gasteiger partial charge in [0.1, 0.15) is 5.82 Å². The maximum absolute atomic E-state index is 5.01. The maximum Gasteiger partial charge on any atom is 0.191 e. The van der Waals surface area contributed by atoms with Crippen LogP contribution in [0.2, 0.25) is 0 Å². The van der Waals surface area contributed by atoms with E-state index >= 15 is 0 Å². The second kappa shape index (κ2) is 10.4. The summed E-state index contributed by atoms with van der Waals surface area (Å²) in [5, 5.41) is 6.51. The van der Waals surface area contributed by atoms with Gasteiger partial charge in [0.15, 0.2) is 5.96 Å². The Hall–Kier alpha value is -1.35. The molecule has 128 valence electrons. The number of para-hydroxylation sites is 2. The zero-order valence-corrected chi connectivity index (χ0v) is 16.3. The van der Waals surface area contributed by atoms with E-state index in [1.165, 1.54) is 5.52 Å². The van der Waals surface area contributed by atoms with Crippen molar-refractivity contribution < 1.29 is 4.74 Å². The van der Waals surface area contributed by atoms with E-state index in [0.717, 1.165) is 43.4 Å². The van der Waals surface area contributed by atoms with Gasteiger partial charge in [-0.05, 0) is 25.5 Å². The summed E-state index contributed by atoms with van der Waals surface area (Å²) in [4.78, 5) is 8.77. The van der Waals surface area contributed by atoms with Crippen molar-refractivity contribution >= 4 is 41.0 Å². The highest BCUT2D eigenvalue weighted by Crippen LogP contribution is 2.15. The van der Waals surface area contributed by atoms with Gasteiger partial charge in [-0.1, -0.05) is 12.1 Å². The fourth-order valence-corrected chi connectivity index (χ4v) is 2.41. The highest BCUT2D eigenvalue weighted by Gasteiger charge is 2.06. The lowest BCUT2D eigenvalue weighted by Crippen LogP contribution is -2.39. The normalized spacial score (nSPS) is 11.3. The summed E-state index contributed by atoms with van der Waals surface area (Å²) in [6, 6.07) is 8.25. The van der Waals surface area contributed by atoms with Crippen molar-refractivity contribution in [2.24, 2.45) is 4.99 Å². The van der Waals surface area contributed by atoms with Crippen molar-refractivity contribution in [3.63, 3.8) is 0 Å². The number of fused-ring (bicyclic) bond motifs is 1.